The highest BCUT2D eigenvalue weighted by Gasteiger charge is 2.11. The molecule has 94 valence electrons. The molecule has 0 amide bonds. The minimum Gasteiger partial charge on any atom is -0.481 e. The molecule has 0 atom stereocenters. The molecule has 0 unspecified atom stereocenters. The molecule has 2 heterocycles. The van der Waals surface area contributed by atoms with Crippen LogP contribution in [0, 0.1) is 0 Å². The second-order valence-electron chi connectivity index (χ2n) is 3.94. The van der Waals surface area contributed by atoms with E-state index >= 15 is 0 Å². The summed E-state index contributed by atoms with van der Waals surface area (Å²) in [6, 6.07) is 7.59. The number of ketones is 1. The predicted molar refractivity (Wildman–Crippen MR) is 69.1 cm³/mol. The van der Waals surface area contributed by atoms with Crippen molar-refractivity contribution in [3.63, 3.8) is 0 Å². The average Bonchev–Trinajstić information content (AvgIpc) is 2.98. The van der Waals surface area contributed by atoms with Gasteiger partial charge in [0, 0.05) is 23.7 Å². The van der Waals surface area contributed by atoms with Crippen molar-refractivity contribution in [2.45, 2.75) is 19.4 Å². The van der Waals surface area contributed by atoms with Gasteiger partial charge in [0.25, 0.3) is 0 Å². The van der Waals surface area contributed by atoms with E-state index in [1.165, 1.54) is 11.3 Å². The molecule has 0 aliphatic rings. The van der Waals surface area contributed by atoms with E-state index < -0.39 is 5.97 Å². The van der Waals surface area contributed by atoms with Crippen molar-refractivity contribution in [2.75, 3.05) is 0 Å². The molecule has 18 heavy (non-hydrogen) atoms. The summed E-state index contributed by atoms with van der Waals surface area (Å²) in [5, 5.41) is 8.53. The van der Waals surface area contributed by atoms with Crippen molar-refractivity contribution in [1.82, 2.24) is 4.57 Å². The van der Waals surface area contributed by atoms with Gasteiger partial charge in [0.15, 0.2) is 5.78 Å². The van der Waals surface area contributed by atoms with E-state index in [2.05, 4.69) is 0 Å². The van der Waals surface area contributed by atoms with Crippen LogP contribution >= 0.6 is 11.3 Å². The third kappa shape index (κ3) is 3.30. The Balaban J connectivity index is 1.97. The van der Waals surface area contributed by atoms with Gasteiger partial charge in [-0.05, 0) is 24.3 Å². The lowest BCUT2D eigenvalue weighted by Gasteiger charge is -1.98. The van der Waals surface area contributed by atoms with Crippen molar-refractivity contribution in [3.05, 3.63) is 46.4 Å². The highest BCUT2D eigenvalue weighted by molar-refractivity contribution is 7.14. The van der Waals surface area contributed by atoms with Gasteiger partial charge in [0.05, 0.1) is 17.8 Å². The Kier molecular flexibility index (Phi) is 3.94. The second kappa shape index (κ2) is 5.64. The summed E-state index contributed by atoms with van der Waals surface area (Å²) in [6.45, 7) is 0.740. The van der Waals surface area contributed by atoms with Gasteiger partial charge < -0.3 is 9.67 Å². The number of thiophene rings is 1. The number of carboxylic acid groups (broad SMARTS) is 1. The number of hydrogen-bond acceptors (Lipinski definition) is 3. The summed E-state index contributed by atoms with van der Waals surface area (Å²) >= 11 is 1.43. The standard InChI is InChI=1S/C13H13NO3S/c15-11(4-6-13(16)17)12-5-3-10(18-12)9-14-7-1-2-8-14/h1-3,5,7-8H,4,6,9H2,(H,16,17). The first kappa shape index (κ1) is 12.6. The fourth-order valence-corrected chi connectivity index (χ4v) is 2.60. The summed E-state index contributed by atoms with van der Waals surface area (Å²) in [5.74, 6) is -1.03. The Labute approximate surface area is 108 Å². The van der Waals surface area contributed by atoms with Crippen molar-refractivity contribution >= 4 is 23.1 Å². The van der Waals surface area contributed by atoms with Crippen molar-refractivity contribution < 1.29 is 14.7 Å². The lowest BCUT2D eigenvalue weighted by Crippen LogP contribution is -2.01. The molecule has 5 heteroatoms. The molecule has 1 N–H and O–H groups in total. The van der Waals surface area contributed by atoms with Crippen LogP contribution in [0.25, 0.3) is 0 Å². The number of carbonyl (C=O) groups is 2. The normalized spacial score (nSPS) is 10.4. The zero-order chi connectivity index (χ0) is 13.0. The number of carbonyl (C=O) groups excluding carboxylic acids is 1. The SMILES string of the molecule is O=C(O)CCC(=O)c1ccc(Cn2cccc2)s1. The molecule has 2 aromatic rings. The maximum atomic E-state index is 11.7. The summed E-state index contributed by atoms with van der Waals surface area (Å²) in [4.78, 5) is 23.8. The minimum atomic E-state index is -0.938. The summed E-state index contributed by atoms with van der Waals surface area (Å²) in [5.41, 5.74) is 0. The van der Waals surface area contributed by atoms with Gasteiger partial charge in [-0.1, -0.05) is 0 Å². The zero-order valence-electron chi connectivity index (χ0n) is 9.70. The van der Waals surface area contributed by atoms with E-state index in [4.69, 9.17) is 5.11 Å². The number of Topliss-reactive ketones (excluding diaryl/α,β-unsaturated/α-hetero) is 1. The van der Waals surface area contributed by atoms with E-state index in [0.29, 0.717) is 4.88 Å². The quantitative estimate of drug-likeness (QED) is 0.815. The third-order valence-electron chi connectivity index (χ3n) is 2.51. The van der Waals surface area contributed by atoms with E-state index in [0.717, 1.165) is 11.4 Å². The molecule has 0 saturated carbocycles. The molecule has 0 aromatic carbocycles. The maximum Gasteiger partial charge on any atom is 0.303 e. The maximum absolute atomic E-state index is 11.7. The van der Waals surface area contributed by atoms with Gasteiger partial charge in [-0.25, -0.2) is 0 Å². The van der Waals surface area contributed by atoms with Crippen LogP contribution in [-0.2, 0) is 11.3 Å². The van der Waals surface area contributed by atoms with Crippen molar-refractivity contribution in [3.8, 4) is 0 Å². The summed E-state index contributed by atoms with van der Waals surface area (Å²) in [7, 11) is 0. The number of hydrogen-bond donors (Lipinski definition) is 1. The first-order valence-corrected chi connectivity index (χ1v) is 6.41. The minimum absolute atomic E-state index is 0.0683. The van der Waals surface area contributed by atoms with Crippen molar-refractivity contribution in [2.24, 2.45) is 0 Å². The number of nitrogens with zero attached hydrogens (tertiary/aromatic N) is 1. The first-order valence-electron chi connectivity index (χ1n) is 5.59. The van der Waals surface area contributed by atoms with Crippen LogP contribution in [0.2, 0.25) is 0 Å². The Morgan fingerprint density at radius 1 is 1.17 bits per heavy atom. The largest absolute Gasteiger partial charge is 0.481 e. The van der Waals surface area contributed by atoms with Gasteiger partial charge in [-0.15, -0.1) is 11.3 Å². The molecule has 0 aliphatic heterocycles. The van der Waals surface area contributed by atoms with Crippen LogP contribution in [0.1, 0.15) is 27.4 Å². The molecule has 0 bridgehead atoms. The molecular weight excluding hydrogens is 250 g/mol. The molecular formula is C13H13NO3S. The lowest BCUT2D eigenvalue weighted by molar-refractivity contribution is -0.136. The fourth-order valence-electron chi connectivity index (χ4n) is 1.61. The molecule has 0 aliphatic carbocycles. The predicted octanol–water partition coefficient (Wildman–Crippen LogP) is 2.65. The van der Waals surface area contributed by atoms with E-state index in [-0.39, 0.29) is 18.6 Å². The topological polar surface area (TPSA) is 59.3 Å². The number of aliphatic carboxylic acids is 1. The summed E-state index contributed by atoms with van der Waals surface area (Å²) < 4.78 is 2.03. The Morgan fingerprint density at radius 3 is 2.56 bits per heavy atom. The summed E-state index contributed by atoms with van der Waals surface area (Å²) in [6.07, 6.45) is 3.89. The molecule has 0 fully saturated rings. The zero-order valence-corrected chi connectivity index (χ0v) is 10.5. The number of rotatable bonds is 6. The van der Waals surface area contributed by atoms with Crippen molar-refractivity contribution in [1.29, 1.82) is 0 Å². The van der Waals surface area contributed by atoms with Crippen LogP contribution in [0.3, 0.4) is 0 Å². The third-order valence-corrected chi connectivity index (χ3v) is 3.62. The lowest BCUT2D eigenvalue weighted by atomic mass is 10.2. The van der Waals surface area contributed by atoms with Crippen LogP contribution in [0.4, 0.5) is 0 Å². The van der Waals surface area contributed by atoms with Crippen LogP contribution in [0.15, 0.2) is 36.7 Å². The van der Waals surface area contributed by atoms with Gasteiger partial charge in [0.1, 0.15) is 0 Å². The molecule has 0 radical (unpaired) electrons. The average molecular weight is 263 g/mol. The van der Waals surface area contributed by atoms with Gasteiger partial charge in [-0.2, -0.15) is 0 Å². The Bertz CT molecular complexity index is 542. The molecule has 4 nitrogen and oxygen atoms in total. The molecule has 2 aromatic heterocycles. The highest BCUT2D eigenvalue weighted by Crippen LogP contribution is 2.19. The van der Waals surface area contributed by atoms with Crippen LogP contribution in [-0.4, -0.2) is 21.4 Å². The molecule has 2 rings (SSSR count). The monoisotopic (exact) mass is 263 g/mol. The smallest absolute Gasteiger partial charge is 0.303 e. The van der Waals surface area contributed by atoms with Gasteiger partial charge in [0.2, 0.25) is 0 Å². The number of carboxylic acids is 1. The van der Waals surface area contributed by atoms with E-state index in [9.17, 15) is 9.59 Å². The van der Waals surface area contributed by atoms with E-state index in [1.54, 1.807) is 6.07 Å². The second-order valence-corrected chi connectivity index (χ2v) is 5.11. The Morgan fingerprint density at radius 2 is 1.89 bits per heavy atom. The molecule has 0 spiro atoms. The van der Waals surface area contributed by atoms with Gasteiger partial charge >= 0.3 is 5.97 Å². The highest BCUT2D eigenvalue weighted by atomic mass is 32.1. The number of aromatic nitrogens is 1. The first-order chi connectivity index (χ1) is 8.65. The molecule has 0 saturated heterocycles. The van der Waals surface area contributed by atoms with Crippen LogP contribution in [0.5, 0.6) is 0 Å². The Hall–Kier alpha value is -1.88. The van der Waals surface area contributed by atoms with Gasteiger partial charge in [-0.3, -0.25) is 9.59 Å². The fraction of sp³-hybridized carbons (Fsp3) is 0.231. The van der Waals surface area contributed by atoms with E-state index in [1.807, 2.05) is 35.2 Å². The van der Waals surface area contributed by atoms with Crippen LogP contribution < -0.4 is 0 Å².